The van der Waals surface area contributed by atoms with Gasteiger partial charge in [-0.05, 0) is 93.1 Å². The first-order chi connectivity index (χ1) is 18.1. The van der Waals surface area contributed by atoms with Crippen LogP contribution >= 0.6 is 11.8 Å². The smallest absolute Gasteiger partial charge is 0.333 e. The number of carbonyl (C=O) groups is 1. The first-order valence-corrected chi connectivity index (χ1v) is 15.5. The second-order valence-electron chi connectivity index (χ2n) is 12.6. The Bertz CT molecular complexity index is 1280. The number of fused-ring (bicyclic) bond motifs is 1. The Balaban J connectivity index is 1.30. The van der Waals surface area contributed by atoms with Gasteiger partial charge in [-0.25, -0.2) is 14.2 Å². The van der Waals surface area contributed by atoms with Gasteiger partial charge >= 0.3 is 5.69 Å². The Morgan fingerprint density at radius 3 is 2.21 bits per heavy atom. The van der Waals surface area contributed by atoms with Gasteiger partial charge < -0.3 is 5.32 Å². The SMILES string of the molecule is CC(C)(C)C1CCC(C(=O)NC2CCC(n3c(=O)c4cc(F)cnc4n(C4CCSCC4)c3=O)CC2)CC1. The molecule has 0 bridgehead atoms. The summed E-state index contributed by atoms with van der Waals surface area (Å²) >= 11 is 1.86. The van der Waals surface area contributed by atoms with Crippen LogP contribution in [0.3, 0.4) is 0 Å². The first-order valence-electron chi connectivity index (χ1n) is 14.3. The summed E-state index contributed by atoms with van der Waals surface area (Å²) in [6.07, 6.45) is 9.53. The van der Waals surface area contributed by atoms with Crippen LogP contribution in [0.5, 0.6) is 0 Å². The number of rotatable bonds is 4. The van der Waals surface area contributed by atoms with Gasteiger partial charge in [0, 0.05) is 24.0 Å². The standard InChI is InChI=1S/C29H41FN4O3S/c1-29(2,3)19-6-4-18(5-7-19)26(35)32-21-8-10-22(11-9-21)34-27(36)24-16-20(30)17-31-25(24)33(28(34)37)23-12-14-38-15-13-23/h16-19,21-23H,4-15H2,1-3H3,(H,32,35). The van der Waals surface area contributed by atoms with Crippen LogP contribution in [-0.4, -0.2) is 37.6 Å². The van der Waals surface area contributed by atoms with Crippen molar-refractivity contribution in [2.45, 2.75) is 103 Å². The molecule has 0 radical (unpaired) electrons. The molecule has 208 valence electrons. The number of amides is 1. The maximum absolute atomic E-state index is 14.1. The molecule has 3 aliphatic rings. The summed E-state index contributed by atoms with van der Waals surface area (Å²) in [6, 6.07) is 0.976. The Hall–Kier alpha value is -2.16. The van der Waals surface area contributed by atoms with Crippen LogP contribution in [0, 0.1) is 23.1 Å². The van der Waals surface area contributed by atoms with Crippen LogP contribution in [0.15, 0.2) is 21.9 Å². The summed E-state index contributed by atoms with van der Waals surface area (Å²) in [4.78, 5) is 44.4. The molecule has 2 aliphatic carbocycles. The number of thioether (sulfide) groups is 1. The van der Waals surface area contributed by atoms with E-state index in [1.54, 1.807) is 4.57 Å². The molecular formula is C29H41FN4O3S. The Morgan fingerprint density at radius 1 is 0.947 bits per heavy atom. The highest BCUT2D eigenvalue weighted by Gasteiger charge is 2.34. The molecule has 0 spiro atoms. The van der Waals surface area contributed by atoms with E-state index in [1.807, 2.05) is 11.8 Å². The van der Waals surface area contributed by atoms with E-state index in [0.29, 0.717) is 18.8 Å². The number of carbonyl (C=O) groups excluding carboxylic acids is 1. The summed E-state index contributed by atoms with van der Waals surface area (Å²) < 4.78 is 17.1. The number of halogens is 1. The predicted octanol–water partition coefficient (Wildman–Crippen LogP) is 5.22. The third-order valence-electron chi connectivity index (χ3n) is 9.21. The molecule has 5 rings (SSSR count). The van der Waals surface area contributed by atoms with Crippen molar-refractivity contribution in [1.29, 1.82) is 0 Å². The molecule has 7 nitrogen and oxygen atoms in total. The van der Waals surface area contributed by atoms with Gasteiger partial charge in [0.1, 0.15) is 11.5 Å². The lowest BCUT2D eigenvalue weighted by Crippen LogP contribution is -2.47. The van der Waals surface area contributed by atoms with E-state index in [-0.39, 0.29) is 52.1 Å². The van der Waals surface area contributed by atoms with Crippen molar-refractivity contribution < 1.29 is 9.18 Å². The number of aromatic nitrogens is 3. The molecule has 1 amide bonds. The molecule has 3 fully saturated rings. The number of nitrogens with one attached hydrogen (secondary N) is 1. The molecular weight excluding hydrogens is 503 g/mol. The monoisotopic (exact) mass is 544 g/mol. The minimum Gasteiger partial charge on any atom is -0.353 e. The van der Waals surface area contributed by atoms with E-state index in [4.69, 9.17) is 0 Å². The van der Waals surface area contributed by atoms with E-state index in [9.17, 15) is 18.8 Å². The quantitative estimate of drug-likeness (QED) is 0.571. The molecule has 1 aliphatic heterocycles. The highest BCUT2D eigenvalue weighted by Crippen LogP contribution is 2.40. The van der Waals surface area contributed by atoms with Crippen LogP contribution in [0.25, 0.3) is 11.0 Å². The third-order valence-corrected chi connectivity index (χ3v) is 10.3. The summed E-state index contributed by atoms with van der Waals surface area (Å²) in [7, 11) is 0. The third kappa shape index (κ3) is 5.58. The zero-order valence-corrected chi connectivity index (χ0v) is 23.7. The number of nitrogens with zero attached hydrogens (tertiary/aromatic N) is 3. The Labute approximate surface area is 228 Å². The van der Waals surface area contributed by atoms with Crippen molar-refractivity contribution in [1.82, 2.24) is 19.4 Å². The van der Waals surface area contributed by atoms with Crippen LogP contribution in [0.1, 0.15) is 97.1 Å². The number of hydrogen-bond acceptors (Lipinski definition) is 5. The first kappa shape index (κ1) is 27.4. The average molecular weight is 545 g/mol. The molecule has 3 heterocycles. The maximum atomic E-state index is 14.1. The summed E-state index contributed by atoms with van der Waals surface area (Å²) in [6.45, 7) is 6.86. The van der Waals surface area contributed by atoms with Gasteiger partial charge in [-0.15, -0.1) is 0 Å². The fourth-order valence-corrected chi connectivity index (χ4v) is 7.90. The van der Waals surface area contributed by atoms with Gasteiger partial charge in [-0.2, -0.15) is 11.8 Å². The van der Waals surface area contributed by atoms with Crippen molar-refractivity contribution in [2.75, 3.05) is 11.5 Å². The van der Waals surface area contributed by atoms with Crippen molar-refractivity contribution in [3.8, 4) is 0 Å². The van der Waals surface area contributed by atoms with Crippen LogP contribution < -0.4 is 16.6 Å². The van der Waals surface area contributed by atoms with Crippen molar-refractivity contribution >= 4 is 28.7 Å². The average Bonchev–Trinajstić information content (AvgIpc) is 2.90. The Kier molecular flexibility index (Phi) is 8.04. The minimum atomic E-state index is -0.575. The fraction of sp³-hybridized carbons (Fsp3) is 0.724. The van der Waals surface area contributed by atoms with Gasteiger partial charge in [0.25, 0.3) is 5.56 Å². The van der Waals surface area contributed by atoms with Gasteiger partial charge in [0.2, 0.25) is 5.91 Å². The van der Waals surface area contributed by atoms with E-state index in [1.165, 1.54) is 10.6 Å². The van der Waals surface area contributed by atoms with Crippen molar-refractivity contribution in [3.05, 3.63) is 38.9 Å². The maximum Gasteiger partial charge on any atom is 0.333 e. The second kappa shape index (κ2) is 11.1. The zero-order chi connectivity index (χ0) is 27.0. The zero-order valence-electron chi connectivity index (χ0n) is 22.9. The Morgan fingerprint density at radius 2 is 1.58 bits per heavy atom. The molecule has 38 heavy (non-hydrogen) atoms. The minimum absolute atomic E-state index is 0.0416. The molecule has 1 N–H and O–H groups in total. The van der Waals surface area contributed by atoms with Crippen molar-refractivity contribution in [2.24, 2.45) is 17.3 Å². The summed E-state index contributed by atoms with van der Waals surface area (Å²) in [5.41, 5.74) is -0.211. The molecule has 9 heteroatoms. The van der Waals surface area contributed by atoms with Gasteiger partial charge in [0.05, 0.1) is 11.6 Å². The largest absolute Gasteiger partial charge is 0.353 e. The molecule has 1 saturated heterocycles. The van der Waals surface area contributed by atoms with Crippen LogP contribution in [0.2, 0.25) is 0 Å². The highest BCUT2D eigenvalue weighted by atomic mass is 32.2. The fourth-order valence-electron chi connectivity index (χ4n) is 6.82. The van der Waals surface area contributed by atoms with E-state index < -0.39 is 11.4 Å². The molecule has 2 aromatic heterocycles. The molecule has 0 atom stereocenters. The normalized spacial score (nSPS) is 27.4. The number of hydrogen-bond donors (Lipinski definition) is 1. The molecule has 0 aromatic carbocycles. The van der Waals surface area contributed by atoms with Gasteiger partial charge in [-0.1, -0.05) is 20.8 Å². The van der Waals surface area contributed by atoms with E-state index in [2.05, 4.69) is 31.1 Å². The van der Waals surface area contributed by atoms with Gasteiger partial charge in [0.15, 0.2) is 0 Å². The molecule has 0 unspecified atom stereocenters. The van der Waals surface area contributed by atoms with E-state index in [0.717, 1.165) is 69.1 Å². The summed E-state index contributed by atoms with van der Waals surface area (Å²) in [5.74, 6) is 2.22. The second-order valence-corrected chi connectivity index (χ2v) is 13.8. The highest BCUT2D eigenvalue weighted by molar-refractivity contribution is 7.99. The van der Waals surface area contributed by atoms with E-state index >= 15 is 0 Å². The number of pyridine rings is 1. The molecule has 2 saturated carbocycles. The summed E-state index contributed by atoms with van der Waals surface area (Å²) in [5, 5.41) is 3.44. The van der Waals surface area contributed by atoms with Crippen LogP contribution in [0.4, 0.5) is 4.39 Å². The molecule has 2 aromatic rings. The predicted molar refractivity (Wildman–Crippen MR) is 150 cm³/mol. The van der Waals surface area contributed by atoms with Crippen molar-refractivity contribution in [3.63, 3.8) is 0 Å². The lowest BCUT2D eigenvalue weighted by molar-refractivity contribution is -0.127. The lowest BCUT2D eigenvalue weighted by atomic mass is 9.69. The lowest BCUT2D eigenvalue weighted by Gasteiger charge is -2.37. The van der Waals surface area contributed by atoms with Gasteiger partial charge in [-0.3, -0.25) is 18.7 Å². The van der Waals surface area contributed by atoms with Crippen LogP contribution in [-0.2, 0) is 4.79 Å². The topological polar surface area (TPSA) is 86.0 Å².